The standard InChI is InChI=1S/C15H20BrN3O2/c16-12-1-2-14(19-5-7-21-8-6-19)13(9-12)18-15(20)11-3-4-17-10-11/h1-2,9,11,17H,3-8,10H2,(H,18,20). The fourth-order valence-corrected chi connectivity index (χ4v) is 3.16. The van der Waals surface area contributed by atoms with Gasteiger partial charge in [0.2, 0.25) is 5.91 Å². The number of benzene rings is 1. The van der Waals surface area contributed by atoms with Crippen LogP contribution in [0.15, 0.2) is 22.7 Å². The average Bonchev–Trinajstić information content (AvgIpc) is 3.03. The van der Waals surface area contributed by atoms with Crippen LogP contribution in [0.2, 0.25) is 0 Å². The molecule has 2 fully saturated rings. The van der Waals surface area contributed by atoms with Crippen LogP contribution in [0, 0.1) is 5.92 Å². The van der Waals surface area contributed by atoms with Crippen molar-refractivity contribution in [2.75, 3.05) is 49.6 Å². The molecule has 2 aliphatic rings. The quantitative estimate of drug-likeness (QED) is 0.870. The summed E-state index contributed by atoms with van der Waals surface area (Å²) in [4.78, 5) is 14.6. The predicted molar refractivity (Wildman–Crippen MR) is 86.8 cm³/mol. The van der Waals surface area contributed by atoms with E-state index in [1.54, 1.807) is 0 Å². The minimum absolute atomic E-state index is 0.0709. The first-order valence-electron chi connectivity index (χ1n) is 7.38. The third-order valence-corrected chi connectivity index (χ3v) is 4.49. The normalized spacial score (nSPS) is 22.3. The van der Waals surface area contributed by atoms with Crippen molar-refractivity contribution >= 4 is 33.2 Å². The molecule has 2 saturated heterocycles. The Balaban J connectivity index is 1.78. The second-order valence-corrected chi connectivity index (χ2v) is 6.36. The van der Waals surface area contributed by atoms with Crippen LogP contribution in [0.5, 0.6) is 0 Å². The Morgan fingerprint density at radius 1 is 1.38 bits per heavy atom. The molecule has 0 aromatic heterocycles. The molecule has 2 aliphatic heterocycles. The van der Waals surface area contributed by atoms with Crippen LogP contribution in [0.25, 0.3) is 0 Å². The lowest BCUT2D eigenvalue weighted by Crippen LogP contribution is -2.37. The maximum absolute atomic E-state index is 12.4. The largest absolute Gasteiger partial charge is 0.378 e. The van der Waals surface area contributed by atoms with Gasteiger partial charge in [0.15, 0.2) is 0 Å². The molecule has 0 saturated carbocycles. The highest BCUT2D eigenvalue weighted by Gasteiger charge is 2.24. The van der Waals surface area contributed by atoms with E-state index < -0.39 is 0 Å². The Hall–Kier alpha value is -1.11. The van der Waals surface area contributed by atoms with Gasteiger partial charge < -0.3 is 20.3 Å². The van der Waals surface area contributed by atoms with Crippen molar-refractivity contribution in [3.05, 3.63) is 22.7 Å². The molecule has 1 aromatic rings. The van der Waals surface area contributed by atoms with Crippen molar-refractivity contribution in [1.82, 2.24) is 5.32 Å². The molecule has 3 rings (SSSR count). The van der Waals surface area contributed by atoms with Crippen LogP contribution in [0.4, 0.5) is 11.4 Å². The number of hydrogen-bond acceptors (Lipinski definition) is 4. The lowest BCUT2D eigenvalue weighted by Gasteiger charge is -2.30. The molecule has 21 heavy (non-hydrogen) atoms. The number of nitrogens with zero attached hydrogens (tertiary/aromatic N) is 1. The van der Waals surface area contributed by atoms with E-state index in [1.807, 2.05) is 12.1 Å². The van der Waals surface area contributed by atoms with Crippen molar-refractivity contribution in [2.24, 2.45) is 5.92 Å². The highest BCUT2D eigenvalue weighted by atomic mass is 79.9. The maximum Gasteiger partial charge on any atom is 0.228 e. The van der Waals surface area contributed by atoms with Gasteiger partial charge in [-0.1, -0.05) is 15.9 Å². The van der Waals surface area contributed by atoms with Gasteiger partial charge in [-0.2, -0.15) is 0 Å². The van der Waals surface area contributed by atoms with E-state index in [4.69, 9.17) is 4.74 Å². The van der Waals surface area contributed by atoms with Crippen molar-refractivity contribution in [3.63, 3.8) is 0 Å². The Morgan fingerprint density at radius 2 is 2.19 bits per heavy atom. The topological polar surface area (TPSA) is 53.6 Å². The summed E-state index contributed by atoms with van der Waals surface area (Å²) in [5.41, 5.74) is 1.95. The summed E-state index contributed by atoms with van der Waals surface area (Å²) in [7, 11) is 0. The highest BCUT2D eigenvalue weighted by Crippen LogP contribution is 2.30. The van der Waals surface area contributed by atoms with Gasteiger partial charge in [-0.25, -0.2) is 0 Å². The molecule has 1 atom stereocenters. The average molecular weight is 354 g/mol. The number of hydrogen-bond donors (Lipinski definition) is 2. The monoisotopic (exact) mass is 353 g/mol. The van der Waals surface area contributed by atoms with Gasteiger partial charge in [-0.15, -0.1) is 0 Å². The van der Waals surface area contributed by atoms with E-state index in [2.05, 4.69) is 37.5 Å². The molecule has 1 aromatic carbocycles. The summed E-state index contributed by atoms with van der Waals surface area (Å²) in [6.07, 6.45) is 0.909. The van der Waals surface area contributed by atoms with E-state index in [-0.39, 0.29) is 11.8 Å². The number of rotatable bonds is 3. The molecular formula is C15H20BrN3O2. The molecule has 0 radical (unpaired) electrons. The van der Waals surface area contributed by atoms with Gasteiger partial charge in [0.25, 0.3) is 0 Å². The molecule has 2 heterocycles. The number of ether oxygens (including phenoxy) is 1. The molecule has 0 spiro atoms. The lowest BCUT2D eigenvalue weighted by molar-refractivity contribution is -0.119. The van der Waals surface area contributed by atoms with Crippen molar-refractivity contribution < 1.29 is 9.53 Å². The molecule has 6 heteroatoms. The third-order valence-electron chi connectivity index (χ3n) is 4.00. The minimum atomic E-state index is 0.0709. The van der Waals surface area contributed by atoms with Crippen LogP contribution in [0.3, 0.4) is 0 Å². The summed E-state index contributed by atoms with van der Waals surface area (Å²) in [5, 5.41) is 6.33. The molecule has 0 aliphatic carbocycles. The molecule has 0 bridgehead atoms. The smallest absolute Gasteiger partial charge is 0.228 e. The molecule has 1 unspecified atom stereocenters. The van der Waals surface area contributed by atoms with Gasteiger partial charge >= 0.3 is 0 Å². The van der Waals surface area contributed by atoms with Crippen molar-refractivity contribution in [3.8, 4) is 0 Å². The van der Waals surface area contributed by atoms with E-state index in [0.717, 1.165) is 61.7 Å². The fourth-order valence-electron chi connectivity index (χ4n) is 2.80. The van der Waals surface area contributed by atoms with Crippen molar-refractivity contribution in [2.45, 2.75) is 6.42 Å². The summed E-state index contributed by atoms with van der Waals surface area (Å²) >= 11 is 3.49. The Kier molecular flexibility index (Phi) is 4.77. The van der Waals surface area contributed by atoms with Gasteiger partial charge in [0.05, 0.1) is 30.5 Å². The SMILES string of the molecule is O=C(Nc1cc(Br)ccc1N1CCOCC1)C1CCNC1. The molecule has 1 amide bonds. The number of amides is 1. The Bertz CT molecular complexity index is 512. The van der Waals surface area contributed by atoms with Crippen LogP contribution >= 0.6 is 15.9 Å². The van der Waals surface area contributed by atoms with Crippen LogP contribution < -0.4 is 15.5 Å². The van der Waals surface area contributed by atoms with Gasteiger partial charge in [0.1, 0.15) is 0 Å². The maximum atomic E-state index is 12.4. The first-order chi connectivity index (χ1) is 10.2. The second kappa shape index (κ2) is 6.77. The number of morpholine rings is 1. The van der Waals surface area contributed by atoms with Gasteiger partial charge in [-0.3, -0.25) is 4.79 Å². The number of carbonyl (C=O) groups excluding carboxylic acids is 1. The van der Waals surface area contributed by atoms with E-state index in [1.165, 1.54) is 0 Å². The van der Waals surface area contributed by atoms with Crippen LogP contribution in [0.1, 0.15) is 6.42 Å². The summed E-state index contributed by atoms with van der Waals surface area (Å²) in [6, 6.07) is 6.04. The molecule has 5 nitrogen and oxygen atoms in total. The lowest BCUT2D eigenvalue weighted by atomic mass is 10.1. The highest BCUT2D eigenvalue weighted by molar-refractivity contribution is 9.10. The zero-order valence-electron chi connectivity index (χ0n) is 11.9. The first-order valence-corrected chi connectivity index (χ1v) is 8.17. The number of anilines is 2. The molecular weight excluding hydrogens is 334 g/mol. The zero-order chi connectivity index (χ0) is 14.7. The Morgan fingerprint density at radius 3 is 2.90 bits per heavy atom. The zero-order valence-corrected chi connectivity index (χ0v) is 13.5. The van der Waals surface area contributed by atoms with Gasteiger partial charge in [0, 0.05) is 24.1 Å². The third kappa shape index (κ3) is 3.56. The summed E-state index contributed by atoms with van der Waals surface area (Å²) in [5.74, 6) is 0.175. The van der Waals surface area contributed by atoms with Crippen LogP contribution in [-0.4, -0.2) is 45.3 Å². The second-order valence-electron chi connectivity index (χ2n) is 5.44. The Labute approximate surface area is 133 Å². The molecule has 2 N–H and O–H groups in total. The van der Waals surface area contributed by atoms with Crippen LogP contribution in [-0.2, 0) is 9.53 Å². The predicted octanol–water partition coefficient (Wildman–Crippen LogP) is 1.83. The van der Waals surface area contributed by atoms with Crippen molar-refractivity contribution in [1.29, 1.82) is 0 Å². The first kappa shape index (κ1) is 14.8. The van der Waals surface area contributed by atoms with E-state index >= 15 is 0 Å². The van der Waals surface area contributed by atoms with Gasteiger partial charge in [-0.05, 0) is 31.2 Å². The minimum Gasteiger partial charge on any atom is -0.378 e. The molecule has 114 valence electrons. The fraction of sp³-hybridized carbons (Fsp3) is 0.533. The van der Waals surface area contributed by atoms with E-state index in [9.17, 15) is 4.79 Å². The summed E-state index contributed by atoms with van der Waals surface area (Å²) < 4.78 is 6.37. The van der Waals surface area contributed by atoms with E-state index in [0.29, 0.717) is 0 Å². The number of nitrogens with one attached hydrogen (secondary N) is 2. The summed E-state index contributed by atoms with van der Waals surface area (Å²) in [6.45, 7) is 4.87. The number of carbonyl (C=O) groups is 1. The number of halogens is 1.